The van der Waals surface area contributed by atoms with E-state index in [0.29, 0.717) is 0 Å². The Morgan fingerprint density at radius 1 is 1.33 bits per heavy atom. The number of nitrogens with two attached hydrogens (primary N) is 1. The van der Waals surface area contributed by atoms with Gasteiger partial charge in [0.1, 0.15) is 0 Å². The molecular formula is C10H10N2. The standard InChI is InChI=1S/C10H10N2/c11-7-10(5-6-10)8-3-1-2-4-9(8)12/h1-4H,5-6,12H2. The van der Waals surface area contributed by atoms with E-state index in [1.54, 1.807) is 0 Å². The molecule has 1 saturated carbocycles. The van der Waals surface area contributed by atoms with Gasteiger partial charge in [0.25, 0.3) is 0 Å². The van der Waals surface area contributed by atoms with Crippen molar-refractivity contribution in [3.8, 4) is 6.07 Å². The van der Waals surface area contributed by atoms with Gasteiger partial charge in [-0.3, -0.25) is 0 Å². The lowest BCUT2D eigenvalue weighted by Gasteiger charge is -2.08. The molecule has 1 aliphatic carbocycles. The minimum absolute atomic E-state index is 0.245. The van der Waals surface area contributed by atoms with Crippen LogP contribution in [0.5, 0.6) is 0 Å². The van der Waals surface area contributed by atoms with E-state index in [1.165, 1.54) is 0 Å². The molecule has 60 valence electrons. The van der Waals surface area contributed by atoms with Crippen LogP contribution in [0, 0.1) is 11.3 Å². The number of rotatable bonds is 1. The van der Waals surface area contributed by atoms with Gasteiger partial charge >= 0.3 is 0 Å². The molecule has 1 aromatic carbocycles. The van der Waals surface area contributed by atoms with Crippen molar-refractivity contribution in [1.29, 1.82) is 5.26 Å². The Kier molecular flexibility index (Phi) is 1.34. The van der Waals surface area contributed by atoms with Crippen LogP contribution in [0.25, 0.3) is 0 Å². The minimum atomic E-state index is -0.245. The Morgan fingerprint density at radius 2 is 2.00 bits per heavy atom. The third kappa shape index (κ3) is 0.868. The van der Waals surface area contributed by atoms with Crippen LogP contribution >= 0.6 is 0 Å². The third-order valence-electron chi connectivity index (χ3n) is 2.44. The van der Waals surface area contributed by atoms with Crippen LogP contribution < -0.4 is 5.73 Å². The van der Waals surface area contributed by atoms with Crippen LogP contribution in [-0.2, 0) is 5.41 Å². The predicted octanol–water partition coefficient (Wildman–Crippen LogP) is 1.82. The second-order valence-electron chi connectivity index (χ2n) is 3.28. The summed E-state index contributed by atoms with van der Waals surface area (Å²) < 4.78 is 0. The van der Waals surface area contributed by atoms with Crippen LogP contribution in [0.1, 0.15) is 18.4 Å². The summed E-state index contributed by atoms with van der Waals surface area (Å²) in [5, 5.41) is 8.93. The van der Waals surface area contributed by atoms with E-state index in [9.17, 15) is 0 Å². The summed E-state index contributed by atoms with van der Waals surface area (Å²) >= 11 is 0. The van der Waals surface area contributed by atoms with Gasteiger partial charge in [-0.15, -0.1) is 0 Å². The van der Waals surface area contributed by atoms with Gasteiger partial charge in [-0.1, -0.05) is 18.2 Å². The van der Waals surface area contributed by atoms with Crippen molar-refractivity contribution in [2.45, 2.75) is 18.3 Å². The quantitative estimate of drug-likeness (QED) is 0.634. The molecule has 0 aliphatic heterocycles. The van der Waals surface area contributed by atoms with Crippen LogP contribution in [0.15, 0.2) is 24.3 Å². The summed E-state index contributed by atoms with van der Waals surface area (Å²) in [5.41, 5.74) is 7.28. The summed E-state index contributed by atoms with van der Waals surface area (Å²) in [6, 6.07) is 9.96. The highest BCUT2D eigenvalue weighted by Gasteiger charge is 2.45. The number of hydrogen-bond donors (Lipinski definition) is 1. The topological polar surface area (TPSA) is 49.8 Å². The molecule has 0 saturated heterocycles. The molecule has 1 aliphatic rings. The molecule has 12 heavy (non-hydrogen) atoms. The van der Waals surface area contributed by atoms with Gasteiger partial charge in [-0.25, -0.2) is 0 Å². The van der Waals surface area contributed by atoms with Crippen molar-refractivity contribution in [3.05, 3.63) is 29.8 Å². The molecule has 2 nitrogen and oxygen atoms in total. The Labute approximate surface area is 71.6 Å². The van der Waals surface area contributed by atoms with Gasteiger partial charge in [-0.2, -0.15) is 5.26 Å². The van der Waals surface area contributed by atoms with E-state index in [1.807, 2.05) is 24.3 Å². The average molecular weight is 158 g/mol. The molecule has 2 rings (SSSR count). The van der Waals surface area contributed by atoms with Gasteiger partial charge in [0.05, 0.1) is 11.5 Å². The number of hydrogen-bond acceptors (Lipinski definition) is 2. The molecular weight excluding hydrogens is 148 g/mol. The minimum Gasteiger partial charge on any atom is -0.398 e. The first-order chi connectivity index (χ1) is 5.78. The van der Waals surface area contributed by atoms with Gasteiger partial charge in [0, 0.05) is 5.69 Å². The second-order valence-corrected chi connectivity index (χ2v) is 3.28. The Morgan fingerprint density at radius 3 is 2.50 bits per heavy atom. The molecule has 0 aromatic heterocycles. The van der Waals surface area contributed by atoms with E-state index < -0.39 is 0 Å². The molecule has 2 N–H and O–H groups in total. The van der Waals surface area contributed by atoms with Gasteiger partial charge in [-0.05, 0) is 24.5 Å². The van der Waals surface area contributed by atoms with Crippen LogP contribution in [0.4, 0.5) is 5.69 Å². The molecule has 1 fully saturated rings. The highest BCUT2D eigenvalue weighted by molar-refractivity contribution is 5.56. The lowest BCUT2D eigenvalue weighted by Crippen LogP contribution is -2.06. The first-order valence-electron chi connectivity index (χ1n) is 4.05. The Balaban J connectivity index is 2.48. The number of nitrogen functional groups attached to an aromatic ring is 1. The van der Waals surface area contributed by atoms with Crippen molar-refractivity contribution in [2.24, 2.45) is 0 Å². The van der Waals surface area contributed by atoms with E-state index in [2.05, 4.69) is 6.07 Å². The molecule has 2 heteroatoms. The smallest absolute Gasteiger partial charge is 0.0843 e. The summed E-state index contributed by atoms with van der Waals surface area (Å²) in [4.78, 5) is 0. The summed E-state index contributed by atoms with van der Waals surface area (Å²) in [6.45, 7) is 0. The van der Waals surface area contributed by atoms with E-state index in [4.69, 9.17) is 11.0 Å². The molecule has 0 spiro atoms. The van der Waals surface area contributed by atoms with E-state index in [-0.39, 0.29) is 5.41 Å². The Hall–Kier alpha value is -1.49. The molecule has 0 bridgehead atoms. The first-order valence-corrected chi connectivity index (χ1v) is 4.05. The fraction of sp³-hybridized carbons (Fsp3) is 0.300. The number of anilines is 1. The van der Waals surface area contributed by atoms with E-state index >= 15 is 0 Å². The van der Waals surface area contributed by atoms with Crippen molar-refractivity contribution in [1.82, 2.24) is 0 Å². The Bertz CT molecular complexity index is 345. The lowest BCUT2D eigenvalue weighted by molar-refractivity contribution is 0.912. The fourth-order valence-corrected chi connectivity index (χ4v) is 1.50. The van der Waals surface area contributed by atoms with Gasteiger partial charge in [0.2, 0.25) is 0 Å². The average Bonchev–Trinajstić information content (AvgIpc) is 2.86. The lowest BCUT2D eigenvalue weighted by atomic mass is 9.96. The molecule has 0 heterocycles. The molecule has 0 radical (unpaired) electrons. The van der Waals surface area contributed by atoms with Crippen molar-refractivity contribution in [2.75, 3.05) is 5.73 Å². The van der Waals surface area contributed by atoms with Crippen molar-refractivity contribution in [3.63, 3.8) is 0 Å². The third-order valence-corrected chi connectivity index (χ3v) is 2.44. The molecule has 0 unspecified atom stereocenters. The highest BCUT2D eigenvalue weighted by Crippen LogP contribution is 2.49. The van der Waals surface area contributed by atoms with Crippen molar-refractivity contribution >= 4 is 5.69 Å². The van der Waals surface area contributed by atoms with Crippen LogP contribution in [0.3, 0.4) is 0 Å². The zero-order valence-corrected chi connectivity index (χ0v) is 6.75. The monoisotopic (exact) mass is 158 g/mol. The number of para-hydroxylation sites is 1. The van der Waals surface area contributed by atoms with Crippen LogP contribution in [0.2, 0.25) is 0 Å². The van der Waals surface area contributed by atoms with Crippen molar-refractivity contribution < 1.29 is 0 Å². The predicted molar refractivity (Wildman–Crippen MR) is 47.4 cm³/mol. The number of benzene rings is 1. The number of nitriles is 1. The van der Waals surface area contributed by atoms with Gasteiger partial charge < -0.3 is 5.73 Å². The molecule has 0 amide bonds. The summed E-state index contributed by atoms with van der Waals surface area (Å²) in [7, 11) is 0. The molecule has 1 aromatic rings. The fourth-order valence-electron chi connectivity index (χ4n) is 1.50. The maximum atomic E-state index is 8.93. The maximum absolute atomic E-state index is 8.93. The zero-order valence-electron chi connectivity index (χ0n) is 6.75. The normalized spacial score (nSPS) is 18.2. The van der Waals surface area contributed by atoms with Gasteiger partial charge in [0.15, 0.2) is 0 Å². The van der Waals surface area contributed by atoms with Crippen LogP contribution in [-0.4, -0.2) is 0 Å². The zero-order chi connectivity index (χ0) is 8.60. The van der Waals surface area contributed by atoms with E-state index in [0.717, 1.165) is 24.1 Å². The largest absolute Gasteiger partial charge is 0.398 e. The number of nitrogens with zero attached hydrogens (tertiary/aromatic N) is 1. The summed E-state index contributed by atoms with van der Waals surface area (Å²) in [6.07, 6.45) is 1.91. The highest BCUT2D eigenvalue weighted by atomic mass is 14.6. The second kappa shape index (κ2) is 2.25. The maximum Gasteiger partial charge on any atom is 0.0843 e. The summed E-state index contributed by atoms with van der Waals surface area (Å²) in [5.74, 6) is 0. The molecule has 0 atom stereocenters. The first kappa shape index (κ1) is 7.17. The SMILES string of the molecule is N#CC1(c2ccccc2N)CC1.